The van der Waals surface area contributed by atoms with Gasteiger partial charge in [-0.15, -0.1) is 0 Å². The van der Waals surface area contributed by atoms with Crippen LogP contribution < -0.4 is 4.74 Å². The zero-order valence-corrected chi connectivity index (χ0v) is 15.2. The minimum Gasteiger partial charge on any atom is -0.497 e. The molecule has 1 N–H and O–H groups in total. The van der Waals surface area contributed by atoms with Gasteiger partial charge in [-0.2, -0.15) is 5.10 Å². The number of fused-ring (bicyclic) bond motifs is 1. The van der Waals surface area contributed by atoms with Crippen LogP contribution >= 0.6 is 0 Å². The Kier molecular flexibility index (Phi) is 4.60. The molecule has 27 heavy (non-hydrogen) atoms. The van der Waals surface area contributed by atoms with E-state index in [-0.39, 0.29) is 11.9 Å². The van der Waals surface area contributed by atoms with Crippen LogP contribution in [0.25, 0.3) is 11.3 Å². The zero-order valence-electron chi connectivity index (χ0n) is 15.2. The molecule has 0 aliphatic carbocycles. The highest BCUT2D eigenvalue weighted by Crippen LogP contribution is 2.42. The molecule has 1 aliphatic heterocycles. The average molecular weight is 364 g/mol. The van der Waals surface area contributed by atoms with E-state index in [4.69, 9.17) is 9.47 Å². The van der Waals surface area contributed by atoms with E-state index in [1.807, 2.05) is 42.5 Å². The number of aromatic nitrogens is 3. The molecule has 0 saturated heterocycles. The Balaban J connectivity index is 1.85. The van der Waals surface area contributed by atoms with Gasteiger partial charge in [0.1, 0.15) is 17.5 Å². The van der Waals surface area contributed by atoms with E-state index in [0.29, 0.717) is 18.8 Å². The number of hydrogen-bond donors (Lipinski definition) is 1. The summed E-state index contributed by atoms with van der Waals surface area (Å²) in [5.41, 5.74) is 3.75. The standard InChI is InChI=1S/C20H20N4O3/c1-26-11-10-24-19(15-8-3-4-9-21-15)16-17(22-23-18(16)20(24)25)13-6-5-7-14(12-13)27-2/h3-9,12,19H,10-11H2,1-2H3,(H,22,23)/t19-/m0/s1. The van der Waals surface area contributed by atoms with Gasteiger partial charge in [-0.3, -0.25) is 14.9 Å². The Morgan fingerprint density at radius 2 is 2.07 bits per heavy atom. The molecular weight excluding hydrogens is 344 g/mol. The molecule has 1 amide bonds. The van der Waals surface area contributed by atoms with E-state index < -0.39 is 0 Å². The number of carbonyl (C=O) groups excluding carboxylic acids is 1. The number of nitrogens with zero attached hydrogens (tertiary/aromatic N) is 3. The first-order valence-corrected chi connectivity index (χ1v) is 8.68. The Morgan fingerprint density at radius 3 is 2.81 bits per heavy atom. The average Bonchev–Trinajstić information content (AvgIpc) is 3.26. The maximum Gasteiger partial charge on any atom is 0.273 e. The van der Waals surface area contributed by atoms with Gasteiger partial charge in [-0.05, 0) is 24.3 Å². The lowest BCUT2D eigenvalue weighted by molar-refractivity contribution is 0.0674. The van der Waals surface area contributed by atoms with Gasteiger partial charge in [0.2, 0.25) is 0 Å². The number of H-pyrrole nitrogens is 1. The number of benzene rings is 1. The van der Waals surface area contributed by atoms with Gasteiger partial charge >= 0.3 is 0 Å². The summed E-state index contributed by atoms with van der Waals surface area (Å²) in [6.07, 6.45) is 1.73. The number of nitrogens with one attached hydrogen (secondary N) is 1. The van der Waals surface area contributed by atoms with Crippen molar-refractivity contribution in [2.24, 2.45) is 0 Å². The first-order chi connectivity index (χ1) is 13.2. The third-order valence-corrected chi connectivity index (χ3v) is 4.71. The van der Waals surface area contributed by atoms with Gasteiger partial charge in [0.15, 0.2) is 0 Å². The molecule has 0 unspecified atom stereocenters. The summed E-state index contributed by atoms with van der Waals surface area (Å²) in [5, 5.41) is 7.36. The molecule has 0 radical (unpaired) electrons. The maximum atomic E-state index is 13.0. The number of ether oxygens (including phenoxy) is 2. The smallest absolute Gasteiger partial charge is 0.273 e. The van der Waals surface area contributed by atoms with Crippen LogP contribution in [0.3, 0.4) is 0 Å². The number of amides is 1. The van der Waals surface area contributed by atoms with Gasteiger partial charge in [0, 0.05) is 31.0 Å². The number of methoxy groups -OCH3 is 2. The number of rotatable bonds is 6. The molecule has 4 rings (SSSR count). The Morgan fingerprint density at radius 1 is 1.19 bits per heavy atom. The summed E-state index contributed by atoms with van der Waals surface area (Å²) in [6.45, 7) is 0.915. The van der Waals surface area contributed by atoms with E-state index >= 15 is 0 Å². The predicted octanol–water partition coefficient (Wildman–Crippen LogP) is 2.67. The molecular formula is C20H20N4O3. The zero-order chi connectivity index (χ0) is 18.8. The largest absolute Gasteiger partial charge is 0.497 e. The summed E-state index contributed by atoms with van der Waals surface area (Å²) < 4.78 is 10.5. The van der Waals surface area contributed by atoms with Crippen LogP contribution in [0.15, 0.2) is 48.7 Å². The highest BCUT2D eigenvalue weighted by Gasteiger charge is 2.42. The highest BCUT2D eigenvalue weighted by atomic mass is 16.5. The second-order valence-electron chi connectivity index (χ2n) is 6.24. The molecule has 1 aromatic carbocycles. The number of carbonyl (C=O) groups is 1. The van der Waals surface area contributed by atoms with E-state index in [1.54, 1.807) is 25.3 Å². The quantitative estimate of drug-likeness (QED) is 0.727. The Bertz CT molecular complexity index is 955. The van der Waals surface area contributed by atoms with E-state index in [1.165, 1.54) is 0 Å². The van der Waals surface area contributed by atoms with Crippen LogP contribution in [0.5, 0.6) is 5.75 Å². The van der Waals surface area contributed by atoms with Crippen LogP contribution in [0, 0.1) is 0 Å². The van der Waals surface area contributed by atoms with Crippen molar-refractivity contribution >= 4 is 5.91 Å². The lowest BCUT2D eigenvalue weighted by atomic mass is 9.99. The first-order valence-electron chi connectivity index (χ1n) is 8.68. The molecule has 3 aromatic rings. The SMILES string of the molecule is COCCN1C(=O)c2[nH]nc(-c3cccc(OC)c3)c2[C@@H]1c1ccccn1. The molecule has 0 spiro atoms. The number of pyridine rings is 1. The van der Waals surface area contributed by atoms with Crippen LogP contribution in [-0.4, -0.2) is 53.4 Å². The van der Waals surface area contributed by atoms with Gasteiger partial charge in [0.05, 0.1) is 25.1 Å². The minimum atomic E-state index is -0.316. The lowest BCUT2D eigenvalue weighted by Crippen LogP contribution is -2.32. The monoisotopic (exact) mass is 364 g/mol. The molecule has 7 heteroatoms. The van der Waals surface area contributed by atoms with Crippen molar-refractivity contribution in [2.75, 3.05) is 27.4 Å². The fourth-order valence-electron chi connectivity index (χ4n) is 3.45. The van der Waals surface area contributed by atoms with Crippen LogP contribution in [0.4, 0.5) is 0 Å². The highest BCUT2D eigenvalue weighted by molar-refractivity contribution is 6.00. The molecule has 0 bridgehead atoms. The van der Waals surface area contributed by atoms with E-state index in [0.717, 1.165) is 28.3 Å². The Hall–Kier alpha value is -3.19. The maximum absolute atomic E-state index is 13.0. The van der Waals surface area contributed by atoms with Crippen LogP contribution in [0.2, 0.25) is 0 Å². The van der Waals surface area contributed by atoms with Crippen molar-refractivity contribution in [1.29, 1.82) is 0 Å². The second kappa shape index (κ2) is 7.20. The molecule has 0 saturated carbocycles. The fraction of sp³-hybridized carbons (Fsp3) is 0.250. The van der Waals surface area contributed by atoms with Crippen LogP contribution in [-0.2, 0) is 4.74 Å². The van der Waals surface area contributed by atoms with Crippen molar-refractivity contribution in [3.8, 4) is 17.0 Å². The summed E-state index contributed by atoms with van der Waals surface area (Å²) in [5.74, 6) is 0.638. The summed E-state index contributed by atoms with van der Waals surface area (Å²) in [6, 6.07) is 13.0. The third kappa shape index (κ3) is 2.96. The molecule has 0 fully saturated rings. The third-order valence-electron chi connectivity index (χ3n) is 4.71. The molecule has 1 atom stereocenters. The Labute approximate surface area is 156 Å². The fourth-order valence-corrected chi connectivity index (χ4v) is 3.45. The first kappa shape index (κ1) is 17.2. The van der Waals surface area contributed by atoms with E-state index in [9.17, 15) is 4.79 Å². The second-order valence-corrected chi connectivity index (χ2v) is 6.24. The number of aromatic amines is 1. The van der Waals surface area contributed by atoms with Crippen molar-refractivity contribution in [1.82, 2.24) is 20.1 Å². The molecule has 3 heterocycles. The van der Waals surface area contributed by atoms with Gasteiger partial charge in [0.25, 0.3) is 5.91 Å². The molecule has 1 aliphatic rings. The van der Waals surface area contributed by atoms with Crippen molar-refractivity contribution in [3.63, 3.8) is 0 Å². The summed E-state index contributed by atoms with van der Waals surface area (Å²) >= 11 is 0. The van der Waals surface area contributed by atoms with Gasteiger partial charge in [-0.1, -0.05) is 18.2 Å². The molecule has 138 valence electrons. The summed E-state index contributed by atoms with van der Waals surface area (Å²) in [4.78, 5) is 19.3. The summed E-state index contributed by atoms with van der Waals surface area (Å²) in [7, 11) is 3.25. The number of hydrogen-bond acceptors (Lipinski definition) is 5. The normalized spacial score (nSPS) is 15.9. The van der Waals surface area contributed by atoms with E-state index in [2.05, 4.69) is 15.2 Å². The lowest BCUT2D eigenvalue weighted by Gasteiger charge is -2.25. The topological polar surface area (TPSA) is 80.3 Å². The molecule has 7 nitrogen and oxygen atoms in total. The minimum absolute atomic E-state index is 0.0978. The van der Waals surface area contributed by atoms with Crippen LogP contribution in [0.1, 0.15) is 27.8 Å². The van der Waals surface area contributed by atoms with Crippen molar-refractivity contribution < 1.29 is 14.3 Å². The van der Waals surface area contributed by atoms with Crippen molar-refractivity contribution in [2.45, 2.75) is 6.04 Å². The molecule has 2 aromatic heterocycles. The van der Waals surface area contributed by atoms with Gasteiger partial charge < -0.3 is 14.4 Å². The van der Waals surface area contributed by atoms with Gasteiger partial charge in [-0.25, -0.2) is 0 Å². The van der Waals surface area contributed by atoms with Crippen molar-refractivity contribution in [3.05, 3.63) is 65.6 Å². The predicted molar refractivity (Wildman–Crippen MR) is 99.6 cm³/mol.